The van der Waals surface area contributed by atoms with Crippen molar-refractivity contribution in [2.45, 2.75) is 25.6 Å². The van der Waals surface area contributed by atoms with Gasteiger partial charge in [-0.2, -0.15) is 0 Å². The summed E-state index contributed by atoms with van der Waals surface area (Å²) in [5, 5.41) is 18.2. The summed E-state index contributed by atoms with van der Waals surface area (Å²) < 4.78 is 6.99. The molecule has 0 saturated heterocycles. The van der Waals surface area contributed by atoms with E-state index in [9.17, 15) is 5.11 Å². The van der Waals surface area contributed by atoms with Crippen molar-refractivity contribution >= 4 is 51.4 Å². The van der Waals surface area contributed by atoms with Gasteiger partial charge in [0.25, 0.3) is 0 Å². The van der Waals surface area contributed by atoms with Crippen LogP contribution in [-0.4, -0.2) is 69.5 Å². The minimum atomic E-state index is -0.572. The molecule has 6 nitrogen and oxygen atoms in total. The molecule has 2 atom stereocenters. The first-order valence-corrected chi connectivity index (χ1v) is 10.2. The Bertz CT molecular complexity index is 690. The molecule has 0 fully saturated rings. The number of benzene rings is 1. The SMILES string of the molecule is CCOC(CCN(C)C)CNC(=NC)NCC(O)c1cc2ccccc2s1.I. The molecule has 28 heavy (non-hydrogen) atoms. The first kappa shape index (κ1) is 25.1. The standard InChI is InChI=1S/C20H32N4O2S.HI/c1-5-26-16(10-11-24(3)4)13-22-20(21-2)23-14-17(25)19-12-15-8-6-7-9-18(15)27-19;/h6-9,12,16-17,25H,5,10-11,13-14H2,1-4H3,(H2,21,22,23);1H. The highest BCUT2D eigenvalue weighted by Crippen LogP contribution is 2.29. The third kappa shape index (κ3) is 8.20. The molecule has 2 unspecified atom stereocenters. The van der Waals surface area contributed by atoms with Gasteiger partial charge in [0.05, 0.1) is 6.10 Å². The first-order valence-electron chi connectivity index (χ1n) is 9.40. The zero-order valence-corrected chi connectivity index (χ0v) is 20.3. The fraction of sp³-hybridized carbons (Fsp3) is 0.550. The Morgan fingerprint density at radius 3 is 2.61 bits per heavy atom. The van der Waals surface area contributed by atoms with Gasteiger partial charge in [-0.1, -0.05) is 18.2 Å². The van der Waals surface area contributed by atoms with Crippen LogP contribution in [0.3, 0.4) is 0 Å². The number of ether oxygens (including phenoxy) is 1. The summed E-state index contributed by atoms with van der Waals surface area (Å²) >= 11 is 1.62. The Kier molecular flexibility index (Phi) is 11.9. The van der Waals surface area contributed by atoms with E-state index in [1.807, 2.05) is 19.1 Å². The third-order valence-corrected chi connectivity index (χ3v) is 5.47. The predicted molar refractivity (Wildman–Crippen MR) is 130 cm³/mol. The number of fused-ring (bicyclic) bond motifs is 1. The molecule has 0 spiro atoms. The van der Waals surface area contributed by atoms with Gasteiger partial charge < -0.3 is 25.4 Å². The predicted octanol–water partition coefficient (Wildman–Crippen LogP) is 3.07. The van der Waals surface area contributed by atoms with Gasteiger partial charge in [0.2, 0.25) is 0 Å². The monoisotopic (exact) mass is 520 g/mol. The summed E-state index contributed by atoms with van der Waals surface area (Å²) in [7, 11) is 5.86. The number of thiophene rings is 1. The van der Waals surface area contributed by atoms with Crippen LogP contribution in [0.25, 0.3) is 10.1 Å². The number of rotatable bonds is 10. The number of nitrogens with one attached hydrogen (secondary N) is 2. The summed E-state index contributed by atoms with van der Waals surface area (Å²) in [5.74, 6) is 0.671. The van der Waals surface area contributed by atoms with Crippen LogP contribution in [0.15, 0.2) is 35.3 Å². The Balaban J connectivity index is 0.00000392. The van der Waals surface area contributed by atoms with Crippen molar-refractivity contribution in [3.63, 3.8) is 0 Å². The van der Waals surface area contributed by atoms with Crippen molar-refractivity contribution in [3.05, 3.63) is 35.2 Å². The molecule has 2 rings (SSSR count). The maximum absolute atomic E-state index is 10.5. The lowest BCUT2D eigenvalue weighted by Gasteiger charge is -2.21. The van der Waals surface area contributed by atoms with E-state index in [0.717, 1.165) is 17.8 Å². The second-order valence-corrected chi connectivity index (χ2v) is 7.82. The highest BCUT2D eigenvalue weighted by molar-refractivity contribution is 14.0. The van der Waals surface area contributed by atoms with E-state index < -0.39 is 6.10 Å². The van der Waals surface area contributed by atoms with E-state index in [4.69, 9.17) is 4.74 Å². The molecule has 158 valence electrons. The van der Waals surface area contributed by atoms with Crippen LogP contribution in [0.4, 0.5) is 0 Å². The van der Waals surface area contributed by atoms with Crippen molar-refractivity contribution in [1.29, 1.82) is 0 Å². The molecule has 3 N–H and O–H groups in total. The maximum atomic E-state index is 10.5. The van der Waals surface area contributed by atoms with E-state index in [1.165, 1.54) is 10.1 Å². The molecule has 0 radical (unpaired) electrons. The number of halogens is 1. The molecule has 8 heteroatoms. The fourth-order valence-electron chi connectivity index (χ4n) is 2.77. The Morgan fingerprint density at radius 2 is 1.96 bits per heavy atom. The van der Waals surface area contributed by atoms with Gasteiger partial charge in [0.1, 0.15) is 6.10 Å². The zero-order valence-electron chi connectivity index (χ0n) is 17.1. The molecular formula is C20H33IN4O2S. The molecule has 0 aliphatic rings. The highest BCUT2D eigenvalue weighted by atomic mass is 127. The molecule has 0 aliphatic carbocycles. The molecule has 0 aliphatic heterocycles. The van der Waals surface area contributed by atoms with Gasteiger partial charge in [-0.25, -0.2) is 0 Å². The minimum absolute atomic E-state index is 0. The quantitative estimate of drug-likeness (QED) is 0.255. The van der Waals surface area contributed by atoms with E-state index in [2.05, 4.69) is 52.8 Å². The van der Waals surface area contributed by atoms with Crippen molar-refractivity contribution < 1.29 is 9.84 Å². The summed E-state index contributed by atoms with van der Waals surface area (Å²) in [5.41, 5.74) is 0. The summed E-state index contributed by atoms with van der Waals surface area (Å²) in [6.45, 7) is 4.76. The second-order valence-electron chi connectivity index (χ2n) is 6.71. The number of hydrogen-bond donors (Lipinski definition) is 3. The van der Waals surface area contributed by atoms with Crippen LogP contribution >= 0.6 is 35.3 Å². The van der Waals surface area contributed by atoms with Gasteiger partial charge >= 0.3 is 0 Å². The molecule has 1 aromatic carbocycles. The van der Waals surface area contributed by atoms with E-state index >= 15 is 0 Å². The fourth-order valence-corrected chi connectivity index (χ4v) is 3.82. The summed E-state index contributed by atoms with van der Waals surface area (Å²) in [6, 6.07) is 10.2. The number of aliphatic hydroxyl groups excluding tert-OH is 1. The number of aliphatic imine (C=N–C) groups is 1. The van der Waals surface area contributed by atoms with E-state index in [-0.39, 0.29) is 30.1 Å². The van der Waals surface area contributed by atoms with Crippen molar-refractivity contribution in [1.82, 2.24) is 15.5 Å². The van der Waals surface area contributed by atoms with Crippen LogP contribution in [0.2, 0.25) is 0 Å². The van der Waals surface area contributed by atoms with Crippen molar-refractivity contribution in [2.75, 3.05) is 47.4 Å². The van der Waals surface area contributed by atoms with Gasteiger partial charge in [-0.05, 0) is 45.0 Å². The zero-order chi connectivity index (χ0) is 19.6. The normalized spacial score (nSPS) is 14.0. The molecule has 2 aromatic rings. The maximum Gasteiger partial charge on any atom is 0.191 e. The van der Waals surface area contributed by atoms with Crippen LogP contribution < -0.4 is 10.6 Å². The second kappa shape index (κ2) is 13.3. The van der Waals surface area contributed by atoms with Gasteiger partial charge in [-0.3, -0.25) is 4.99 Å². The molecule has 1 heterocycles. The number of guanidine groups is 1. The first-order chi connectivity index (χ1) is 13.0. The average molecular weight is 520 g/mol. The number of aliphatic hydroxyl groups is 1. The molecule has 0 saturated carbocycles. The molecule has 0 bridgehead atoms. The van der Waals surface area contributed by atoms with Crippen LogP contribution in [-0.2, 0) is 4.74 Å². The molecule has 1 aromatic heterocycles. The average Bonchev–Trinajstić information content (AvgIpc) is 3.10. The van der Waals surface area contributed by atoms with Crippen LogP contribution in [0.5, 0.6) is 0 Å². The Hall–Kier alpha value is -0.940. The smallest absolute Gasteiger partial charge is 0.191 e. The Labute approximate surface area is 189 Å². The van der Waals surface area contributed by atoms with Gasteiger partial charge in [-0.15, -0.1) is 35.3 Å². The third-order valence-electron chi connectivity index (χ3n) is 4.26. The molecular weight excluding hydrogens is 487 g/mol. The molecule has 0 amide bonds. The Morgan fingerprint density at radius 1 is 1.25 bits per heavy atom. The van der Waals surface area contributed by atoms with E-state index in [1.54, 1.807) is 18.4 Å². The number of hydrogen-bond acceptors (Lipinski definition) is 5. The van der Waals surface area contributed by atoms with Crippen molar-refractivity contribution in [2.24, 2.45) is 4.99 Å². The number of nitrogens with zero attached hydrogens (tertiary/aromatic N) is 2. The summed E-state index contributed by atoms with van der Waals surface area (Å²) in [6.07, 6.45) is 0.510. The van der Waals surface area contributed by atoms with Crippen LogP contribution in [0, 0.1) is 0 Å². The van der Waals surface area contributed by atoms with E-state index in [0.29, 0.717) is 25.7 Å². The van der Waals surface area contributed by atoms with Gasteiger partial charge in [0.15, 0.2) is 5.96 Å². The highest BCUT2D eigenvalue weighted by Gasteiger charge is 2.13. The lowest BCUT2D eigenvalue weighted by atomic mass is 10.2. The summed E-state index contributed by atoms with van der Waals surface area (Å²) in [4.78, 5) is 7.35. The van der Waals surface area contributed by atoms with Crippen LogP contribution in [0.1, 0.15) is 24.3 Å². The van der Waals surface area contributed by atoms with Crippen molar-refractivity contribution in [3.8, 4) is 0 Å². The van der Waals surface area contributed by atoms with Gasteiger partial charge in [0, 0.05) is 42.9 Å². The minimum Gasteiger partial charge on any atom is -0.386 e. The topological polar surface area (TPSA) is 69.1 Å². The largest absolute Gasteiger partial charge is 0.386 e. The lowest BCUT2D eigenvalue weighted by molar-refractivity contribution is 0.0548. The lowest BCUT2D eigenvalue weighted by Crippen LogP contribution is -2.43.